The van der Waals surface area contributed by atoms with E-state index in [1.165, 1.54) is 0 Å². The van der Waals surface area contributed by atoms with Gasteiger partial charge in [-0.1, -0.05) is 0 Å². The zero-order valence-electron chi connectivity index (χ0n) is 9.40. The Balaban J connectivity index is 2.16. The first-order chi connectivity index (χ1) is 8.20. The van der Waals surface area contributed by atoms with Crippen molar-refractivity contribution in [3.63, 3.8) is 0 Å². The Morgan fingerprint density at radius 3 is 3.06 bits per heavy atom. The molecule has 0 saturated carbocycles. The normalized spacial score (nSPS) is 10.4. The fourth-order valence-electron chi connectivity index (χ4n) is 1.69. The standard InChI is InChI=1S/C12H13NO4/c1-16-9-2-3-10-8(4-5-13-12(14)15)7-17-11(10)6-9/h2-3,6-7,13H,4-5H2,1H3,(H,14,15). The van der Waals surface area contributed by atoms with Crippen LogP contribution in [-0.4, -0.2) is 24.9 Å². The maximum atomic E-state index is 10.3. The molecule has 2 N–H and O–H groups in total. The number of furan rings is 1. The number of hydrogen-bond acceptors (Lipinski definition) is 3. The molecule has 0 fully saturated rings. The van der Waals surface area contributed by atoms with Gasteiger partial charge in [0.2, 0.25) is 0 Å². The number of ether oxygens (including phenoxy) is 1. The highest BCUT2D eigenvalue weighted by Gasteiger charge is 2.07. The van der Waals surface area contributed by atoms with E-state index in [-0.39, 0.29) is 0 Å². The Bertz CT molecular complexity index is 532. The van der Waals surface area contributed by atoms with E-state index in [4.69, 9.17) is 14.3 Å². The van der Waals surface area contributed by atoms with E-state index in [2.05, 4.69) is 5.32 Å². The molecule has 0 saturated heterocycles. The monoisotopic (exact) mass is 235 g/mol. The van der Waals surface area contributed by atoms with Crippen molar-refractivity contribution >= 4 is 17.1 Å². The lowest BCUT2D eigenvalue weighted by Crippen LogP contribution is -2.23. The Hall–Kier alpha value is -2.17. The van der Waals surface area contributed by atoms with Crippen LogP contribution in [0.15, 0.2) is 28.9 Å². The van der Waals surface area contributed by atoms with E-state index in [0.29, 0.717) is 13.0 Å². The van der Waals surface area contributed by atoms with Crippen molar-refractivity contribution in [2.45, 2.75) is 6.42 Å². The summed E-state index contributed by atoms with van der Waals surface area (Å²) < 4.78 is 10.5. The van der Waals surface area contributed by atoms with E-state index in [0.717, 1.165) is 22.3 Å². The van der Waals surface area contributed by atoms with Crippen molar-refractivity contribution < 1.29 is 19.1 Å². The van der Waals surface area contributed by atoms with Crippen LogP contribution < -0.4 is 10.1 Å². The van der Waals surface area contributed by atoms with Gasteiger partial charge in [0.1, 0.15) is 11.3 Å². The molecule has 2 aromatic rings. The lowest BCUT2D eigenvalue weighted by molar-refractivity contribution is 0.194. The van der Waals surface area contributed by atoms with Gasteiger partial charge in [-0.05, 0) is 24.1 Å². The molecule has 0 spiro atoms. The van der Waals surface area contributed by atoms with Crippen molar-refractivity contribution in [3.05, 3.63) is 30.0 Å². The molecule has 0 bridgehead atoms. The van der Waals surface area contributed by atoms with Gasteiger partial charge in [0.05, 0.1) is 13.4 Å². The number of rotatable bonds is 4. The van der Waals surface area contributed by atoms with Gasteiger partial charge in [-0.2, -0.15) is 0 Å². The summed E-state index contributed by atoms with van der Waals surface area (Å²) in [5.74, 6) is 0.738. The Morgan fingerprint density at radius 2 is 2.35 bits per heavy atom. The molecule has 1 amide bonds. The molecule has 1 aromatic heterocycles. The van der Waals surface area contributed by atoms with E-state index in [1.807, 2.05) is 18.2 Å². The summed E-state index contributed by atoms with van der Waals surface area (Å²) in [7, 11) is 1.60. The molecule has 1 aromatic carbocycles. The van der Waals surface area contributed by atoms with E-state index in [9.17, 15) is 4.79 Å². The highest BCUT2D eigenvalue weighted by molar-refractivity contribution is 5.82. The molecule has 2 rings (SSSR count). The van der Waals surface area contributed by atoms with Gasteiger partial charge < -0.3 is 19.6 Å². The third-order valence-corrected chi connectivity index (χ3v) is 2.53. The fraction of sp³-hybridized carbons (Fsp3) is 0.250. The number of carbonyl (C=O) groups is 1. The number of nitrogens with one attached hydrogen (secondary N) is 1. The SMILES string of the molecule is COc1ccc2c(CCNC(=O)O)coc2c1. The first-order valence-electron chi connectivity index (χ1n) is 5.21. The van der Waals surface area contributed by atoms with Gasteiger partial charge in [0.25, 0.3) is 0 Å². The molecular formula is C12H13NO4. The van der Waals surface area contributed by atoms with Crippen LogP contribution in [0.4, 0.5) is 4.79 Å². The van der Waals surface area contributed by atoms with Crippen LogP contribution in [0.5, 0.6) is 5.75 Å². The van der Waals surface area contributed by atoms with Gasteiger partial charge in [0, 0.05) is 18.0 Å². The van der Waals surface area contributed by atoms with Gasteiger partial charge in [-0.3, -0.25) is 0 Å². The topological polar surface area (TPSA) is 71.7 Å². The van der Waals surface area contributed by atoms with Gasteiger partial charge in [-0.15, -0.1) is 0 Å². The van der Waals surface area contributed by atoms with Crippen molar-refractivity contribution in [1.82, 2.24) is 5.32 Å². The number of methoxy groups -OCH3 is 1. The third kappa shape index (κ3) is 2.50. The molecule has 0 atom stereocenters. The van der Waals surface area contributed by atoms with Crippen molar-refractivity contribution in [1.29, 1.82) is 0 Å². The summed E-state index contributed by atoms with van der Waals surface area (Å²) in [5.41, 5.74) is 1.73. The number of carboxylic acid groups (broad SMARTS) is 1. The summed E-state index contributed by atoms with van der Waals surface area (Å²) in [6.07, 6.45) is 1.23. The minimum atomic E-state index is -1.01. The zero-order chi connectivity index (χ0) is 12.3. The summed E-state index contributed by atoms with van der Waals surface area (Å²) in [5, 5.41) is 11.8. The Morgan fingerprint density at radius 1 is 1.53 bits per heavy atom. The average Bonchev–Trinajstić information content (AvgIpc) is 2.71. The van der Waals surface area contributed by atoms with Crippen LogP contribution >= 0.6 is 0 Å². The lowest BCUT2D eigenvalue weighted by atomic mass is 10.1. The molecule has 90 valence electrons. The minimum absolute atomic E-state index is 0.371. The minimum Gasteiger partial charge on any atom is -0.497 e. The maximum absolute atomic E-state index is 10.3. The predicted molar refractivity (Wildman–Crippen MR) is 62.5 cm³/mol. The van der Waals surface area contributed by atoms with Crippen LogP contribution in [0.3, 0.4) is 0 Å². The molecule has 0 unspecified atom stereocenters. The summed E-state index contributed by atoms with van der Waals surface area (Å²) in [6.45, 7) is 0.371. The average molecular weight is 235 g/mol. The van der Waals surface area contributed by atoms with Crippen LogP contribution in [-0.2, 0) is 6.42 Å². The highest BCUT2D eigenvalue weighted by atomic mass is 16.5. The maximum Gasteiger partial charge on any atom is 0.404 e. The van der Waals surface area contributed by atoms with Crippen LogP contribution in [0.25, 0.3) is 11.0 Å². The molecular weight excluding hydrogens is 222 g/mol. The second-order valence-electron chi connectivity index (χ2n) is 3.60. The molecule has 0 aliphatic heterocycles. The number of hydrogen-bond donors (Lipinski definition) is 2. The fourth-order valence-corrected chi connectivity index (χ4v) is 1.69. The van der Waals surface area contributed by atoms with Crippen molar-refractivity contribution in [2.24, 2.45) is 0 Å². The highest BCUT2D eigenvalue weighted by Crippen LogP contribution is 2.25. The van der Waals surface area contributed by atoms with E-state index < -0.39 is 6.09 Å². The molecule has 0 aliphatic carbocycles. The number of benzene rings is 1. The van der Waals surface area contributed by atoms with Crippen molar-refractivity contribution in [2.75, 3.05) is 13.7 Å². The summed E-state index contributed by atoms with van der Waals surface area (Å²) in [6, 6.07) is 5.57. The summed E-state index contributed by atoms with van der Waals surface area (Å²) in [4.78, 5) is 10.3. The molecule has 5 heteroatoms. The summed E-state index contributed by atoms with van der Waals surface area (Å²) >= 11 is 0. The molecule has 5 nitrogen and oxygen atoms in total. The zero-order valence-corrected chi connectivity index (χ0v) is 9.40. The van der Waals surface area contributed by atoms with Crippen molar-refractivity contribution in [3.8, 4) is 5.75 Å². The van der Waals surface area contributed by atoms with Crippen LogP contribution in [0.1, 0.15) is 5.56 Å². The number of fused-ring (bicyclic) bond motifs is 1. The van der Waals surface area contributed by atoms with Gasteiger partial charge >= 0.3 is 6.09 Å². The smallest absolute Gasteiger partial charge is 0.404 e. The van der Waals surface area contributed by atoms with Crippen LogP contribution in [0.2, 0.25) is 0 Å². The van der Waals surface area contributed by atoms with Gasteiger partial charge in [0.15, 0.2) is 0 Å². The predicted octanol–water partition coefficient (Wildman–Crippen LogP) is 2.25. The molecule has 1 heterocycles. The number of amides is 1. The van der Waals surface area contributed by atoms with Gasteiger partial charge in [-0.25, -0.2) is 4.79 Å². The van der Waals surface area contributed by atoms with E-state index >= 15 is 0 Å². The quantitative estimate of drug-likeness (QED) is 0.852. The lowest BCUT2D eigenvalue weighted by Gasteiger charge is -2.00. The Kier molecular flexibility index (Phi) is 3.18. The second kappa shape index (κ2) is 4.78. The first kappa shape index (κ1) is 11.3. The second-order valence-corrected chi connectivity index (χ2v) is 3.60. The molecule has 0 aliphatic rings. The third-order valence-electron chi connectivity index (χ3n) is 2.53. The molecule has 0 radical (unpaired) electrons. The van der Waals surface area contributed by atoms with Crippen LogP contribution in [0, 0.1) is 0 Å². The Labute approximate surface area is 98.0 Å². The van der Waals surface area contributed by atoms with E-state index in [1.54, 1.807) is 13.4 Å². The first-order valence-corrected chi connectivity index (χ1v) is 5.21. The molecule has 17 heavy (non-hydrogen) atoms. The largest absolute Gasteiger partial charge is 0.497 e.